The normalized spacial score (nSPS) is 12.3. The van der Waals surface area contributed by atoms with Gasteiger partial charge in [-0.1, -0.05) is 44.2 Å². The lowest BCUT2D eigenvalue weighted by Gasteiger charge is -2.18. The van der Waals surface area contributed by atoms with Crippen LogP contribution < -0.4 is 5.32 Å². The van der Waals surface area contributed by atoms with E-state index in [4.69, 9.17) is 0 Å². The van der Waals surface area contributed by atoms with E-state index < -0.39 is 0 Å². The summed E-state index contributed by atoms with van der Waals surface area (Å²) in [5.74, 6) is 0. The largest absolute Gasteiger partial charge is 0.310 e. The van der Waals surface area contributed by atoms with E-state index in [-0.39, 0.29) is 0 Å². The second kappa shape index (κ2) is 7.81. The van der Waals surface area contributed by atoms with Crippen LogP contribution >= 0.6 is 0 Å². The molecule has 0 fully saturated rings. The van der Waals surface area contributed by atoms with E-state index in [0.29, 0.717) is 6.04 Å². The number of hydrogen-bond acceptors (Lipinski definition) is 2. The predicted molar refractivity (Wildman–Crippen MR) is 84.8 cm³/mol. The third-order valence-electron chi connectivity index (χ3n) is 3.66. The number of aromatic nitrogens is 1. The summed E-state index contributed by atoms with van der Waals surface area (Å²) in [5, 5.41) is 3.58. The highest BCUT2D eigenvalue weighted by Gasteiger charge is 2.10. The van der Waals surface area contributed by atoms with Crippen molar-refractivity contribution in [2.45, 2.75) is 39.2 Å². The number of nitrogens with one attached hydrogen (secondary N) is 1. The molecule has 2 nitrogen and oxygen atoms in total. The molecule has 1 N–H and O–H groups in total. The van der Waals surface area contributed by atoms with Crippen LogP contribution in [0.5, 0.6) is 0 Å². The molecule has 2 aromatic rings. The van der Waals surface area contributed by atoms with Gasteiger partial charge in [0.2, 0.25) is 0 Å². The molecule has 0 spiro atoms. The third kappa shape index (κ3) is 4.17. The van der Waals surface area contributed by atoms with Crippen LogP contribution in [0.1, 0.15) is 43.1 Å². The van der Waals surface area contributed by atoms with Crippen molar-refractivity contribution in [2.75, 3.05) is 6.54 Å². The van der Waals surface area contributed by atoms with Crippen LogP contribution in [0.3, 0.4) is 0 Å². The lowest BCUT2D eigenvalue weighted by molar-refractivity contribution is 0.512. The van der Waals surface area contributed by atoms with Crippen LogP contribution in [-0.2, 0) is 12.8 Å². The minimum atomic E-state index is 0.410. The fraction of sp³-hybridized carbons (Fsp3) is 0.389. The highest BCUT2D eigenvalue weighted by Crippen LogP contribution is 2.19. The molecule has 1 aromatic heterocycles. The maximum Gasteiger partial charge on any atom is 0.0404 e. The average molecular weight is 268 g/mol. The van der Waals surface area contributed by atoms with Crippen molar-refractivity contribution in [2.24, 2.45) is 0 Å². The minimum Gasteiger partial charge on any atom is -0.310 e. The Morgan fingerprint density at radius 2 is 1.85 bits per heavy atom. The number of hydrogen-bond donors (Lipinski definition) is 1. The average Bonchev–Trinajstić information content (AvgIpc) is 2.52. The van der Waals surface area contributed by atoms with E-state index in [2.05, 4.69) is 60.5 Å². The number of pyridine rings is 1. The molecule has 1 heterocycles. The van der Waals surface area contributed by atoms with Crippen molar-refractivity contribution in [1.29, 1.82) is 0 Å². The molecule has 0 aliphatic heterocycles. The highest BCUT2D eigenvalue weighted by atomic mass is 14.9. The Labute approximate surface area is 122 Å². The van der Waals surface area contributed by atoms with Crippen molar-refractivity contribution >= 4 is 0 Å². The van der Waals surface area contributed by atoms with Crippen molar-refractivity contribution in [3.63, 3.8) is 0 Å². The summed E-state index contributed by atoms with van der Waals surface area (Å²) >= 11 is 0. The molecule has 1 atom stereocenters. The van der Waals surface area contributed by atoms with E-state index in [1.54, 1.807) is 0 Å². The zero-order valence-electron chi connectivity index (χ0n) is 12.5. The molecular formula is C18H24N2. The van der Waals surface area contributed by atoms with Gasteiger partial charge in [0, 0.05) is 17.9 Å². The molecule has 20 heavy (non-hydrogen) atoms. The van der Waals surface area contributed by atoms with Gasteiger partial charge in [-0.05, 0) is 49.1 Å². The van der Waals surface area contributed by atoms with Gasteiger partial charge in [0.05, 0.1) is 0 Å². The van der Waals surface area contributed by atoms with E-state index in [0.717, 1.165) is 25.8 Å². The number of aryl methyl sites for hydroxylation is 2. The van der Waals surface area contributed by atoms with Crippen LogP contribution in [0.25, 0.3) is 0 Å². The van der Waals surface area contributed by atoms with Crippen LogP contribution in [0.2, 0.25) is 0 Å². The SMILES string of the molecule is CCNC(CCc1ccccn1)c1ccc(CC)cc1. The molecule has 0 aliphatic rings. The Hall–Kier alpha value is -1.67. The second-order valence-corrected chi connectivity index (χ2v) is 5.07. The lowest BCUT2D eigenvalue weighted by Crippen LogP contribution is -2.21. The zero-order valence-corrected chi connectivity index (χ0v) is 12.5. The Morgan fingerprint density at radius 1 is 1.05 bits per heavy atom. The monoisotopic (exact) mass is 268 g/mol. The molecule has 0 bridgehead atoms. The molecule has 1 aromatic carbocycles. The van der Waals surface area contributed by atoms with Crippen molar-refractivity contribution in [1.82, 2.24) is 10.3 Å². The smallest absolute Gasteiger partial charge is 0.0404 e. The van der Waals surface area contributed by atoms with Crippen LogP contribution in [0, 0.1) is 0 Å². The van der Waals surface area contributed by atoms with Gasteiger partial charge < -0.3 is 5.32 Å². The molecule has 0 saturated carbocycles. The first-order chi connectivity index (χ1) is 9.83. The molecule has 2 rings (SSSR count). The molecule has 0 aliphatic carbocycles. The van der Waals surface area contributed by atoms with Gasteiger partial charge in [0.1, 0.15) is 0 Å². The molecule has 1 unspecified atom stereocenters. The van der Waals surface area contributed by atoms with Gasteiger partial charge in [-0.15, -0.1) is 0 Å². The first-order valence-electron chi connectivity index (χ1n) is 7.55. The Balaban J connectivity index is 2.02. The first kappa shape index (κ1) is 14.7. The third-order valence-corrected chi connectivity index (χ3v) is 3.66. The predicted octanol–water partition coefficient (Wildman–Crippen LogP) is 3.93. The second-order valence-electron chi connectivity index (χ2n) is 5.07. The molecular weight excluding hydrogens is 244 g/mol. The number of nitrogens with zero attached hydrogens (tertiary/aromatic N) is 1. The summed E-state index contributed by atoms with van der Waals surface area (Å²) in [4.78, 5) is 4.40. The molecule has 0 saturated heterocycles. The van der Waals surface area contributed by atoms with Gasteiger partial charge in [-0.25, -0.2) is 0 Å². The van der Waals surface area contributed by atoms with Gasteiger partial charge in [0.15, 0.2) is 0 Å². The molecule has 0 amide bonds. The zero-order chi connectivity index (χ0) is 14.2. The summed E-state index contributed by atoms with van der Waals surface area (Å²) in [6.45, 7) is 5.34. The Kier molecular flexibility index (Phi) is 5.75. The van der Waals surface area contributed by atoms with Crippen molar-refractivity contribution in [3.8, 4) is 0 Å². The highest BCUT2D eigenvalue weighted by molar-refractivity contribution is 5.25. The van der Waals surface area contributed by atoms with Crippen molar-refractivity contribution < 1.29 is 0 Å². The minimum absolute atomic E-state index is 0.410. The maximum absolute atomic E-state index is 4.40. The quantitative estimate of drug-likeness (QED) is 0.823. The van der Waals surface area contributed by atoms with Crippen molar-refractivity contribution in [3.05, 3.63) is 65.5 Å². The number of rotatable bonds is 7. The van der Waals surface area contributed by atoms with Gasteiger partial charge in [0.25, 0.3) is 0 Å². The maximum atomic E-state index is 4.40. The summed E-state index contributed by atoms with van der Waals surface area (Å²) in [6.07, 6.45) is 5.05. The molecule has 106 valence electrons. The first-order valence-corrected chi connectivity index (χ1v) is 7.55. The topological polar surface area (TPSA) is 24.9 Å². The standard InChI is InChI=1S/C18H24N2/c1-3-15-8-10-16(11-9-15)18(19-4-2)13-12-17-7-5-6-14-20-17/h5-11,14,18-19H,3-4,12-13H2,1-2H3. The van der Waals surface area contributed by atoms with E-state index >= 15 is 0 Å². The lowest BCUT2D eigenvalue weighted by atomic mass is 9.99. The van der Waals surface area contributed by atoms with Gasteiger partial charge >= 0.3 is 0 Å². The summed E-state index contributed by atoms with van der Waals surface area (Å²) in [5.41, 5.74) is 3.94. The van der Waals surface area contributed by atoms with Gasteiger partial charge in [-0.3, -0.25) is 4.98 Å². The molecule has 2 heteroatoms. The Bertz CT molecular complexity index is 491. The Morgan fingerprint density at radius 3 is 2.45 bits per heavy atom. The molecule has 0 radical (unpaired) electrons. The summed E-state index contributed by atoms with van der Waals surface area (Å²) in [7, 11) is 0. The fourth-order valence-electron chi connectivity index (χ4n) is 2.46. The van der Waals surface area contributed by atoms with Crippen LogP contribution in [0.4, 0.5) is 0 Å². The number of benzene rings is 1. The van der Waals surface area contributed by atoms with Gasteiger partial charge in [-0.2, -0.15) is 0 Å². The summed E-state index contributed by atoms with van der Waals surface area (Å²) < 4.78 is 0. The van der Waals surface area contributed by atoms with Crippen LogP contribution in [-0.4, -0.2) is 11.5 Å². The van der Waals surface area contributed by atoms with E-state index in [1.165, 1.54) is 16.8 Å². The summed E-state index contributed by atoms with van der Waals surface area (Å²) in [6, 6.07) is 15.5. The van der Waals surface area contributed by atoms with E-state index in [1.807, 2.05) is 12.3 Å². The fourth-order valence-corrected chi connectivity index (χ4v) is 2.46. The van der Waals surface area contributed by atoms with E-state index in [9.17, 15) is 0 Å². The van der Waals surface area contributed by atoms with Crippen LogP contribution in [0.15, 0.2) is 48.7 Å².